The van der Waals surface area contributed by atoms with Crippen LogP contribution in [-0.2, 0) is 16.1 Å². The molecule has 0 radical (unpaired) electrons. The third-order valence-corrected chi connectivity index (χ3v) is 3.87. The van der Waals surface area contributed by atoms with Crippen LogP contribution < -0.4 is 4.90 Å². The first-order valence-corrected chi connectivity index (χ1v) is 7.89. The van der Waals surface area contributed by atoms with E-state index in [1.165, 1.54) is 7.11 Å². The molecule has 0 aliphatic heterocycles. The Morgan fingerprint density at radius 3 is 2.58 bits per heavy atom. The van der Waals surface area contributed by atoms with Gasteiger partial charge in [0.25, 0.3) is 6.01 Å². The predicted octanol–water partition coefficient (Wildman–Crippen LogP) is 3.64. The van der Waals surface area contributed by atoms with Crippen LogP contribution >= 0.6 is 0 Å². The van der Waals surface area contributed by atoms with Crippen molar-refractivity contribution in [1.29, 1.82) is 0 Å². The van der Waals surface area contributed by atoms with E-state index in [1.807, 2.05) is 66.4 Å². The Kier molecular flexibility index (Phi) is 4.79. The molecule has 24 heavy (non-hydrogen) atoms. The summed E-state index contributed by atoms with van der Waals surface area (Å²) in [6, 6.07) is 18.2. The number of oxazole rings is 1. The molecule has 5 nitrogen and oxygen atoms in total. The fourth-order valence-electron chi connectivity index (χ4n) is 2.62. The lowest BCUT2D eigenvalue weighted by atomic mass is 10.1. The maximum Gasteiger partial charge on any atom is 0.310 e. The predicted molar refractivity (Wildman–Crippen MR) is 92.7 cm³/mol. The Morgan fingerprint density at radius 2 is 1.88 bits per heavy atom. The molecular weight excluding hydrogens is 304 g/mol. The van der Waals surface area contributed by atoms with Gasteiger partial charge in [-0.05, 0) is 17.7 Å². The van der Waals surface area contributed by atoms with Crippen molar-refractivity contribution >= 4 is 23.1 Å². The van der Waals surface area contributed by atoms with Gasteiger partial charge in [0.05, 0.1) is 13.0 Å². The third-order valence-electron chi connectivity index (χ3n) is 3.87. The second-order valence-corrected chi connectivity index (χ2v) is 5.75. The summed E-state index contributed by atoms with van der Waals surface area (Å²) in [6.07, 6.45) is 0. The summed E-state index contributed by atoms with van der Waals surface area (Å²) in [5.41, 5.74) is 2.66. The lowest BCUT2D eigenvalue weighted by Gasteiger charge is -2.23. The van der Waals surface area contributed by atoms with Crippen molar-refractivity contribution in [2.45, 2.75) is 13.5 Å². The Hall–Kier alpha value is -2.82. The van der Waals surface area contributed by atoms with E-state index < -0.39 is 0 Å². The number of anilines is 1. The maximum absolute atomic E-state index is 11.8. The monoisotopic (exact) mass is 324 g/mol. The molecule has 0 bridgehead atoms. The molecule has 0 spiro atoms. The number of hydrogen-bond donors (Lipinski definition) is 0. The van der Waals surface area contributed by atoms with E-state index in [-0.39, 0.29) is 11.9 Å². The largest absolute Gasteiger partial charge is 0.469 e. The van der Waals surface area contributed by atoms with Gasteiger partial charge in [-0.1, -0.05) is 49.4 Å². The van der Waals surface area contributed by atoms with Crippen LogP contribution in [-0.4, -0.2) is 24.6 Å². The Morgan fingerprint density at radius 1 is 1.17 bits per heavy atom. The molecule has 0 unspecified atom stereocenters. The number of carbonyl (C=O) groups is 1. The number of carbonyl (C=O) groups excluding carboxylic acids is 1. The SMILES string of the molecule is COC(=O)[C@@H](C)CN(Cc1ccccc1)c1nc2ccccc2o1. The van der Waals surface area contributed by atoms with Crippen molar-refractivity contribution < 1.29 is 13.9 Å². The molecular formula is C19H20N2O3. The summed E-state index contributed by atoms with van der Waals surface area (Å²) >= 11 is 0. The highest BCUT2D eigenvalue weighted by molar-refractivity contribution is 5.75. The second kappa shape index (κ2) is 7.17. The molecule has 124 valence electrons. The molecule has 0 aliphatic rings. The van der Waals surface area contributed by atoms with Gasteiger partial charge in [0, 0.05) is 13.1 Å². The third kappa shape index (κ3) is 3.56. The molecule has 3 rings (SSSR count). The number of rotatable bonds is 6. The van der Waals surface area contributed by atoms with Crippen LogP contribution in [0, 0.1) is 5.92 Å². The zero-order valence-electron chi connectivity index (χ0n) is 13.8. The minimum atomic E-state index is -0.284. The number of methoxy groups -OCH3 is 1. The number of fused-ring (bicyclic) bond motifs is 1. The van der Waals surface area contributed by atoms with Crippen molar-refractivity contribution in [3.8, 4) is 0 Å². The van der Waals surface area contributed by atoms with Crippen molar-refractivity contribution in [3.05, 3.63) is 60.2 Å². The van der Waals surface area contributed by atoms with Crippen LogP contribution in [0.25, 0.3) is 11.1 Å². The van der Waals surface area contributed by atoms with Crippen molar-refractivity contribution in [2.75, 3.05) is 18.6 Å². The zero-order chi connectivity index (χ0) is 16.9. The van der Waals surface area contributed by atoms with Crippen LogP contribution in [0.5, 0.6) is 0 Å². The number of ether oxygens (including phenoxy) is 1. The molecule has 1 atom stereocenters. The van der Waals surface area contributed by atoms with E-state index in [0.29, 0.717) is 19.1 Å². The van der Waals surface area contributed by atoms with Gasteiger partial charge in [-0.2, -0.15) is 4.98 Å². The van der Waals surface area contributed by atoms with Gasteiger partial charge >= 0.3 is 5.97 Å². The van der Waals surface area contributed by atoms with Gasteiger partial charge < -0.3 is 14.1 Å². The number of hydrogen-bond acceptors (Lipinski definition) is 5. The van der Waals surface area contributed by atoms with Crippen molar-refractivity contribution in [1.82, 2.24) is 4.98 Å². The molecule has 0 amide bonds. The lowest BCUT2D eigenvalue weighted by Crippen LogP contribution is -2.32. The minimum Gasteiger partial charge on any atom is -0.469 e. The summed E-state index contributed by atoms with van der Waals surface area (Å²) in [4.78, 5) is 18.3. The summed E-state index contributed by atoms with van der Waals surface area (Å²) < 4.78 is 10.7. The highest BCUT2D eigenvalue weighted by Crippen LogP contribution is 2.24. The smallest absolute Gasteiger partial charge is 0.310 e. The Labute approximate surface area is 140 Å². The van der Waals surface area contributed by atoms with Crippen LogP contribution in [0.4, 0.5) is 6.01 Å². The molecule has 0 saturated carbocycles. The summed E-state index contributed by atoms with van der Waals surface area (Å²) in [7, 11) is 1.40. The number of benzene rings is 2. The number of nitrogens with zero attached hydrogens (tertiary/aromatic N) is 2. The Balaban J connectivity index is 1.89. The highest BCUT2D eigenvalue weighted by atomic mass is 16.5. The van der Waals surface area contributed by atoms with E-state index in [0.717, 1.165) is 16.7 Å². The average molecular weight is 324 g/mol. The molecule has 0 saturated heterocycles. The van der Waals surface area contributed by atoms with Crippen molar-refractivity contribution in [2.24, 2.45) is 5.92 Å². The van der Waals surface area contributed by atoms with Gasteiger partial charge in [0.15, 0.2) is 5.58 Å². The van der Waals surface area contributed by atoms with Crippen LogP contribution in [0.1, 0.15) is 12.5 Å². The van der Waals surface area contributed by atoms with Gasteiger partial charge in [0.1, 0.15) is 5.52 Å². The fourth-order valence-corrected chi connectivity index (χ4v) is 2.62. The lowest BCUT2D eigenvalue weighted by molar-refractivity contribution is -0.144. The van der Waals surface area contributed by atoms with Gasteiger partial charge in [-0.25, -0.2) is 0 Å². The van der Waals surface area contributed by atoms with E-state index in [2.05, 4.69) is 4.98 Å². The molecule has 0 N–H and O–H groups in total. The van der Waals surface area contributed by atoms with Crippen LogP contribution in [0.2, 0.25) is 0 Å². The van der Waals surface area contributed by atoms with E-state index in [4.69, 9.17) is 9.15 Å². The van der Waals surface area contributed by atoms with E-state index in [9.17, 15) is 4.79 Å². The van der Waals surface area contributed by atoms with E-state index in [1.54, 1.807) is 0 Å². The summed E-state index contributed by atoms with van der Waals surface area (Å²) in [5, 5.41) is 0. The van der Waals surface area contributed by atoms with Crippen LogP contribution in [0.3, 0.4) is 0 Å². The molecule has 1 heterocycles. The fraction of sp³-hybridized carbons (Fsp3) is 0.263. The molecule has 5 heteroatoms. The van der Waals surface area contributed by atoms with Gasteiger partial charge in [-0.15, -0.1) is 0 Å². The molecule has 0 aliphatic carbocycles. The normalized spacial score (nSPS) is 12.1. The standard InChI is InChI=1S/C19H20N2O3/c1-14(18(22)23-2)12-21(13-15-8-4-3-5-9-15)19-20-16-10-6-7-11-17(16)24-19/h3-11,14H,12-13H2,1-2H3/t14-/m0/s1. The maximum atomic E-state index is 11.8. The molecule has 0 fully saturated rings. The topological polar surface area (TPSA) is 55.6 Å². The first kappa shape index (κ1) is 16.1. The zero-order valence-corrected chi connectivity index (χ0v) is 13.8. The summed E-state index contributed by atoms with van der Waals surface area (Å²) in [6.45, 7) is 2.91. The quantitative estimate of drug-likeness (QED) is 0.648. The van der Waals surface area contributed by atoms with Crippen LogP contribution in [0.15, 0.2) is 59.0 Å². The minimum absolute atomic E-state index is 0.246. The molecule has 3 aromatic rings. The number of aromatic nitrogens is 1. The Bertz CT molecular complexity index is 781. The molecule has 2 aromatic carbocycles. The van der Waals surface area contributed by atoms with Gasteiger partial charge in [-0.3, -0.25) is 4.79 Å². The first-order chi connectivity index (χ1) is 11.7. The second-order valence-electron chi connectivity index (χ2n) is 5.75. The number of esters is 1. The number of para-hydroxylation sites is 2. The highest BCUT2D eigenvalue weighted by Gasteiger charge is 2.21. The summed E-state index contributed by atoms with van der Waals surface area (Å²) in [5.74, 6) is -0.530. The van der Waals surface area contributed by atoms with Crippen molar-refractivity contribution in [3.63, 3.8) is 0 Å². The molecule has 1 aromatic heterocycles. The average Bonchev–Trinajstić information content (AvgIpc) is 3.05. The van der Waals surface area contributed by atoms with Gasteiger partial charge in [0.2, 0.25) is 0 Å². The first-order valence-electron chi connectivity index (χ1n) is 7.89. The van der Waals surface area contributed by atoms with E-state index >= 15 is 0 Å².